The number of hydrogen-bond donors (Lipinski definition) is 1. The molecule has 0 radical (unpaired) electrons. The van der Waals surface area contributed by atoms with Crippen molar-refractivity contribution in [3.8, 4) is 0 Å². The van der Waals surface area contributed by atoms with Crippen molar-refractivity contribution in [3.63, 3.8) is 0 Å². The van der Waals surface area contributed by atoms with Crippen molar-refractivity contribution in [3.05, 3.63) is 36.0 Å². The zero-order chi connectivity index (χ0) is 13.2. The Morgan fingerprint density at radius 1 is 1.16 bits per heavy atom. The van der Waals surface area contributed by atoms with Crippen LogP contribution in [0.3, 0.4) is 0 Å². The van der Waals surface area contributed by atoms with E-state index in [1.54, 1.807) is 0 Å². The van der Waals surface area contributed by atoms with E-state index in [9.17, 15) is 0 Å². The molecule has 1 saturated heterocycles. The summed E-state index contributed by atoms with van der Waals surface area (Å²) in [5.74, 6) is 0. The van der Waals surface area contributed by atoms with Gasteiger partial charge in [0.15, 0.2) is 0 Å². The summed E-state index contributed by atoms with van der Waals surface area (Å²) in [5.41, 5.74) is 9.06. The molecule has 0 amide bonds. The van der Waals surface area contributed by atoms with E-state index < -0.39 is 0 Å². The van der Waals surface area contributed by atoms with Crippen LogP contribution in [0.2, 0.25) is 0 Å². The summed E-state index contributed by atoms with van der Waals surface area (Å²) in [7, 11) is 2.17. The zero-order valence-corrected chi connectivity index (χ0v) is 11.3. The molecular weight excluding hydrogens is 236 g/mol. The zero-order valence-electron chi connectivity index (χ0n) is 11.3. The molecule has 1 aliphatic heterocycles. The second-order valence-electron chi connectivity index (χ2n) is 5.14. The fraction of sp³-hybridized carbons (Fsp3) is 0.400. The summed E-state index contributed by atoms with van der Waals surface area (Å²) in [6.45, 7) is 4.83. The first-order valence-corrected chi connectivity index (χ1v) is 6.80. The van der Waals surface area contributed by atoms with Crippen molar-refractivity contribution in [2.75, 3.05) is 38.1 Å². The van der Waals surface area contributed by atoms with Gasteiger partial charge in [0.2, 0.25) is 0 Å². The summed E-state index contributed by atoms with van der Waals surface area (Å²) >= 11 is 0. The maximum atomic E-state index is 5.77. The Labute approximate surface area is 113 Å². The summed E-state index contributed by atoms with van der Waals surface area (Å²) < 4.78 is 0. The second kappa shape index (κ2) is 5.15. The Balaban J connectivity index is 2.05. The third-order valence-corrected chi connectivity index (χ3v) is 3.80. The quantitative estimate of drug-likeness (QED) is 0.883. The average Bonchev–Trinajstić information content (AvgIpc) is 2.47. The van der Waals surface area contributed by atoms with Gasteiger partial charge in [0.05, 0.1) is 11.2 Å². The van der Waals surface area contributed by atoms with Gasteiger partial charge in [-0.05, 0) is 19.2 Å². The number of piperazine rings is 1. The van der Waals surface area contributed by atoms with Crippen LogP contribution in [0.4, 0.5) is 5.69 Å². The Morgan fingerprint density at radius 2 is 1.89 bits per heavy atom. The van der Waals surface area contributed by atoms with Crippen LogP contribution in [-0.4, -0.2) is 43.1 Å². The number of nitrogens with zero attached hydrogens (tertiary/aromatic N) is 3. The molecule has 0 aliphatic carbocycles. The van der Waals surface area contributed by atoms with Crippen LogP contribution in [-0.2, 0) is 6.54 Å². The molecule has 0 atom stereocenters. The highest BCUT2D eigenvalue weighted by Gasteiger charge is 2.17. The first-order valence-electron chi connectivity index (χ1n) is 6.80. The van der Waals surface area contributed by atoms with Crippen LogP contribution in [0.5, 0.6) is 0 Å². The molecule has 0 spiro atoms. The summed E-state index contributed by atoms with van der Waals surface area (Å²) in [6.07, 6.45) is 0. The first-order chi connectivity index (χ1) is 9.28. The van der Waals surface area contributed by atoms with Gasteiger partial charge >= 0.3 is 0 Å². The van der Waals surface area contributed by atoms with Gasteiger partial charge in [0.1, 0.15) is 0 Å². The van der Waals surface area contributed by atoms with Crippen LogP contribution in [0.1, 0.15) is 5.69 Å². The largest absolute Gasteiger partial charge is 0.368 e. The van der Waals surface area contributed by atoms with Crippen molar-refractivity contribution in [2.24, 2.45) is 5.73 Å². The Bertz CT molecular complexity index is 573. The van der Waals surface area contributed by atoms with E-state index in [4.69, 9.17) is 5.73 Å². The highest BCUT2D eigenvalue weighted by molar-refractivity contribution is 5.92. The first kappa shape index (κ1) is 12.4. The molecule has 0 bridgehead atoms. The van der Waals surface area contributed by atoms with E-state index in [2.05, 4.69) is 46.1 Å². The SMILES string of the molecule is CN1CCN(c2cc(CN)nc3ccccc23)CC1. The van der Waals surface area contributed by atoms with Crippen molar-refractivity contribution in [2.45, 2.75) is 6.54 Å². The summed E-state index contributed by atoms with van der Waals surface area (Å²) in [5, 5.41) is 1.23. The van der Waals surface area contributed by atoms with Crippen LogP contribution < -0.4 is 10.6 Å². The maximum absolute atomic E-state index is 5.77. The van der Waals surface area contributed by atoms with Gasteiger partial charge in [-0.2, -0.15) is 0 Å². The van der Waals surface area contributed by atoms with E-state index in [0.717, 1.165) is 37.4 Å². The molecule has 2 N–H and O–H groups in total. The molecule has 1 fully saturated rings. The standard InChI is InChI=1S/C15H20N4/c1-18-6-8-19(9-7-18)15-10-12(11-16)17-14-5-3-2-4-13(14)15/h2-5,10H,6-9,11,16H2,1H3. The number of pyridine rings is 1. The fourth-order valence-electron chi connectivity index (χ4n) is 2.62. The molecule has 1 aromatic heterocycles. The highest BCUT2D eigenvalue weighted by Crippen LogP contribution is 2.27. The van der Waals surface area contributed by atoms with Crippen molar-refractivity contribution < 1.29 is 0 Å². The lowest BCUT2D eigenvalue weighted by Crippen LogP contribution is -2.44. The third kappa shape index (κ3) is 2.41. The number of hydrogen-bond acceptors (Lipinski definition) is 4. The number of anilines is 1. The smallest absolute Gasteiger partial charge is 0.0726 e. The Kier molecular flexibility index (Phi) is 3.36. The molecule has 1 aliphatic rings. The van der Waals surface area contributed by atoms with E-state index in [1.165, 1.54) is 11.1 Å². The highest BCUT2D eigenvalue weighted by atomic mass is 15.2. The van der Waals surface area contributed by atoms with Gasteiger partial charge in [0, 0.05) is 43.8 Å². The number of para-hydroxylation sites is 1. The molecule has 2 aromatic rings. The number of benzene rings is 1. The minimum absolute atomic E-state index is 0.492. The molecule has 2 heterocycles. The predicted octanol–water partition coefficient (Wildman–Crippen LogP) is 1.45. The lowest BCUT2D eigenvalue weighted by molar-refractivity contribution is 0.313. The molecule has 1 aromatic carbocycles. The summed E-state index contributed by atoms with van der Waals surface area (Å²) in [4.78, 5) is 9.41. The molecule has 0 saturated carbocycles. The maximum Gasteiger partial charge on any atom is 0.0726 e. The van der Waals surface area contributed by atoms with Gasteiger partial charge < -0.3 is 15.5 Å². The normalized spacial score (nSPS) is 17.1. The van der Waals surface area contributed by atoms with Crippen molar-refractivity contribution >= 4 is 16.6 Å². The minimum Gasteiger partial charge on any atom is -0.368 e. The number of aromatic nitrogens is 1. The molecule has 100 valence electrons. The van der Waals surface area contributed by atoms with Crippen LogP contribution in [0, 0.1) is 0 Å². The predicted molar refractivity (Wildman–Crippen MR) is 79.3 cm³/mol. The van der Waals surface area contributed by atoms with Crippen LogP contribution >= 0.6 is 0 Å². The molecule has 3 rings (SSSR count). The minimum atomic E-state index is 0.492. The fourth-order valence-corrected chi connectivity index (χ4v) is 2.62. The van der Waals surface area contributed by atoms with Gasteiger partial charge in [-0.3, -0.25) is 4.98 Å². The second-order valence-corrected chi connectivity index (χ2v) is 5.14. The van der Waals surface area contributed by atoms with Crippen LogP contribution in [0.25, 0.3) is 10.9 Å². The Hall–Kier alpha value is -1.65. The van der Waals surface area contributed by atoms with Gasteiger partial charge in [-0.1, -0.05) is 18.2 Å². The molecular formula is C15H20N4. The molecule has 4 heteroatoms. The lowest BCUT2D eigenvalue weighted by atomic mass is 10.1. The van der Waals surface area contributed by atoms with Gasteiger partial charge in [0.25, 0.3) is 0 Å². The molecule has 19 heavy (non-hydrogen) atoms. The topological polar surface area (TPSA) is 45.4 Å². The number of likely N-dealkylation sites (N-methyl/N-ethyl adjacent to an activating group) is 1. The number of nitrogens with two attached hydrogens (primary N) is 1. The van der Waals surface area contributed by atoms with Crippen molar-refractivity contribution in [1.29, 1.82) is 0 Å². The lowest BCUT2D eigenvalue weighted by Gasteiger charge is -2.34. The molecule has 4 nitrogen and oxygen atoms in total. The van der Waals surface area contributed by atoms with E-state index in [-0.39, 0.29) is 0 Å². The number of rotatable bonds is 2. The Morgan fingerprint density at radius 3 is 2.63 bits per heavy atom. The monoisotopic (exact) mass is 256 g/mol. The van der Waals surface area contributed by atoms with Gasteiger partial charge in [-0.15, -0.1) is 0 Å². The molecule has 0 unspecified atom stereocenters. The number of fused-ring (bicyclic) bond motifs is 1. The van der Waals surface area contributed by atoms with Gasteiger partial charge in [-0.25, -0.2) is 0 Å². The average molecular weight is 256 g/mol. The van der Waals surface area contributed by atoms with Crippen molar-refractivity contribution in [1.82, 2.24) is 9.88 Å². The summed E-state index contributed by atoms with van der Waals surface area (Å²) in [6, 6.07) is 10.5. The van der Waals surface area contributed by atoms with E-state index >= 15 is 0 Å². The third-order valence-electron chi connectivity index (χ3n) is 3.80. The van der Waals surface area contributed by atoms with E-state index in [1.807, 2.05) is 6.07 Å². The van der Waals surface area contributed by atoms with Crippen LogP contribution in [0.15, 0.2) is 30.3 Å². The van der Waals surface area contributed by atoms with E-state index in [0.29, 0.717) is 6.54 Å².